The molecule has 28 heavy (non-hydrogen) atoms. The van der Waals surface area contributed by atoms with Gasteiger partial charge < -0.3 is 10.0 Å². The number of hydrogen-bond acceptors (Lipinski definition) is 5. The molecule has 0 saturated carbocycles. The molecule has 1 heterocycles. The maximum atomic E-state index is 13.4. The lowest BCUT2D eigenvalue weighted by Crippen LogP contribution is -2.33. The number of thioether (sulfide) groups is 1. The quantitative estimate of drug-likeness (QED) is 0.553. The summed E-state index contributed by atoms with van der Waals surface area (Å²) in [5, 5.41) is 19.8. The first kappa shape index (κ1) is 20.5. The second-order valence-electron chi connectivity index (χ2n) is 6.43. The number of hydrogen-bond donors (Lipinski definition) is 1. The molecule has 0 bridgehead atoms. The van der Waals surface area contributed by atoms with Crippen molar-refractivity contribution in [3.63, 3.8) is 0 Å². The molecule has 0 aliphatic rings. The molecule has 0 aliphatic heterocycles. The first-order valence-electron chi connectivity index (χ1n) is 9.42. The van der Waals surface area contributed by atoms with E-state index in [0.29, 0.717) is 23.3 Å². The van der Waals surface area contributed by atoms with Crippen LogP contribution >= 0.6 is 11.8 Å². The van der Waals surface area contributed by atoms with Gasteiger partial charge in [0, 0.05) is 23.5 Å². The van der Waals surface area contributed by atoms with E-state index in [9.17, 15) is 9.50 Å². The fourth-order valence-electron chi connectivity index (χ4n) is 2.96. The molecular formula is C21H25FN4OS. The minimum Gasteiger partial charge on any atom is -0.391 e. The highest BCUT2D eigenvalue weighted by Gasteiger charge is 2.18. The Hall–Kier alpha value is -2.22. The van der Waals surface area contributed by atoms with Gasteiger partial charge in [-0.15, -0.1) is 10.2 Å². The zero-order valence-corrected chi connectivity index (χ0v) is 16.9. The fourth-order valence-corrected chi connectivity index (χ4v) is 3.83. The number of nitrogens with zero attached hydrogens (tertiary/aromatic N) is 4. The number of aliphatic hydroxyl groups excluding tert-OH is 1. The fraction of sp³-hybridized carbons (Fsp3) is 0.333. The van der Waals surface area contributed by atoms with Gasteiger partial charge in [0.1, 0.15) is 5.82 Å². The summed E-state index contributed by atoms with van der Waals surface area (Å²) in [6.45, 7) is 6.60. The van der Waals surface area contributed by atoms with Crippen molar-refractivity contribution in [2.75, 3.05) is 25.4 Å². The summed E-state index contributed by atoms with van der Waals surface area (Å²) in [7, 11) is 0. The highest BCUT2D eigenvalue weighted by atomic mass is 32.2. The van der Waals surface area contributed by atoms with E-state index in [4.69, 9.17) is 0 Å². The minimum atomic E-state index is -0.469. The van der Waals surface area contributed by atoms with Gasteiger partial charge >= 0.3 is 0 Å². The average Bonchev–Trinajstić information content (AvgIpc) is 3.15. The second-order valence-corrected chi connectivity index (χ2v) is 7.42. The molecule has 3 rings (SSSR count). The Morgan fingerprint density at radius 2 is 1.71 bits per heavy atom. The monoisotopic (exact) mass is 400 g/mol. The third kappa shape index (κ3) is 4.98. The van der Waals surface area contributed by atoms with Crippen molar-refractivity contribution in [2.24, 2.45) is 0 Å². The molecule has 0 fully saturated rings. The number of aliphatic hydroxyl groups is 1. The van der Waals surface area contributed by atoms with Crippen LogP contribution in [0.2, 0.25) is 0 Å². The molecule has 148 valence electrons. The van der Waals surface area contributed by atoms with Crippen molar-refractivity contribution in [1.82, 2.24) is 19.7 Å². The molecular weight excluding hydrogens is 375 g/mol. The molecule has 2 aromatic carbocycles. The molecule has 0 amide bonds. The van der Waals surface area contributed by atoms with Gasteiger partial charge in [-0.25, -0.2) is 4.39 Å². The van der Waals surface area contributed by atoms with Crippen LogP contribution in [0.1, 0.15) is 13.8 Å². The lowest BCUT2D eigenvalue weighted by atomic mass is 10.2. The Bertz CT molecular complexity index is 866. The van der Waals surface area contributed by atoms with E-state index in [0.717, 1.165) is 24.3 Å². The predicted molar refractivity (Wildman–Crippen MR) is 111 cm³/mol. The summed E-state index contributed by atoms with van der Waals surface area (Å²) in [6, 6.07) is 16.0. The zero-order chi connectivity index (χ0) is 19.9. The van der Waals surface area contributed by atoms with Crippen molar-refractivity contribution >= 4 is 11.8 Å². The smallest absolute Gasteiger partial charge is 0.196 e. The van der Waals surface area contributed by atoms with Crippen molar-refractivity contribution < 1.29 is 9.50 Å². The number of benzene rings is 2. The van der Waals surface area contributed by atoms with E-state index in [1.54, 1.807) is 12.1 Å². The Labute approximate surface area is 169 Å². The molecule has 0 aliphatic carbocycles. The second kappa shape index (κ2) is 9.82. The van der Waals surface area contributed by atoms with Crippen LogP contribution < -0.4 is 0 Å². The van der Waals surface area contributed by atoms with Crippen LogP contribution in [0.3, 0.4) is 0 Å². The Kier molecular flexibility index (Phi) is 7.19. The van der Waals surface area contributed by atoms with E-state index in [2.05, 4.69) is 28.9 Å². The summed E-state index contributed by atoms with van der Waals surface area (Å²) in [5.41, 5.74) is 1.71. The molecule has 1 aromatic heterocycles. The average molecular weight is 401 g/mol. The van der Waals surface area contributed by atoms with Crippen LogP contribution in [-0.4, -0.2) is 56.3 Å². The Morgan fingerprint density at radius 1 is 1.04 bits per heavy atom. The van der Waals surface area contributed by atoms with Crippen LogP contribution in [-0.2, 0) is 0 Å². The van der Waals surface area contributed by atoms with E-state index < -0.39 is 6.10 Å². The summed E-state index contributed by atoms with van der Waals surface area (Å²) < 4.78 is 15.3. The maximum absolute atomic E-state index is 13.4. The third-order valence-electron chi connectivity index (χ3n) is 4.52. The van der Waals surface area contributed by atoms with Gasteiger partial charge in [-0.05, 0) is 37.4 Å². The zero-order valence-electron chi connectivity index (χ0n) is 16.1. The van der Waals surface area contributed by atoms with Crippen LogP contribution in [0.5, 0.6) is 0 Å². The maximum Gasteiger partial charge on any atom is 0.196 e. The lowest BCUT2D eigenvalue weighted by molar-refractivity contribution is 0.136. The first-order valence-corrected chi connectivity index (χ1v) is 10.4. The number of halogens is 1. The standard InChI is InChI=1S/C21H25FN4OS/c1-3-25(4-2)14-19(27)15-28-21-24-23-20(16-8-6-5-7-9-16)26(21)18-12-10-17(22)11-13-18/h5-13,19,27H,3-4,14-15H2,1-2H3/t19-/m1/s1. The molecule has 0 unspecified atom stereocenters. The lowest BCUT2D eigenvalue weighted by Gasteiger charge is -2.21. The molecule has 0 spiro atoms. The number of likely N-dealkylation sites (N-methyl/N-ethyl adjacent to an activating group) is 1. The minimum absolute atomic E-state index is 0.290. The van der Waals surface area contributed by atoms with E-state index in [-0.39, 0.29) is 5.82 Å². The molecule has 0 saturated heterocycles. The Morgan fingerprint density at radius 3 is 2.36 bits per heavy atom. The van der Waals surface area contributed by atoms with Gasteiger partial charge in [-0.3, -0.25) is 4.57 Å². The number of aromatic nitrogens is 3. The molecule has 1 atom stereocenters. The summed E-state index contributed by atoms with van der Waals surface area (Å²) in [5.74, 6) is 0.903. The molecule has 3 aromatic rings. The van der Waals surface area contributed by atoms with Crippen molar-refractivity contribution in [1.29, 1.82) is 0 Å². The first-order chi connectivity index (χ1) is 13.6. The predicted octanol–water partition coefficient (Wildman–Crippen LogP) is 3.87. The van der Waals surface area contributed by atoms with Gasteiger partial charge in [-0.1, -0.05) is 55.9 Å². The topological polar surface area (TPSA) is 54.2 Å². The largest absolute Gasteiger partial charge is 0.391 e. The molecule has 0 radical (unpaired) electrons. The molecule has 5 nitrogen and oxygen atoms in total. The van der Waals surface area contributed by atoms with E-state index in [1.165, 1.54) is 23.9 Å². The van der Waals surface area contributed by atoms with Crippen molar-refractivity contribution in [3.05, 3.63) is 60.4 Å². The summed E-state index contributed by atoms with van der Waals surface area (Å²) >= 11 is 1.45. The normalized spacial score (nSPS) is 12.5. The van der Waals surface area contributed by atoms with E-state index >= 15 is 0 Å². The van der Waals surface area contributed by atoms with Gasteiger partial charge in [0.05, 0.1) is 6.10 Å². The van der Waals surface area contributed by atoms with Crippen LogP contribution in [0, 0.1) is 5.82 Å². The number of rotatable bonds is 9. The Balaban J connectivity index is 1.87. The SMILES string of the molecule is CCN(CC)C[C@@H](O)CSc1nnc(-c2ccccc2)n1-c1ccc(F)cc1. The molecule has 7 heteroatoms. The highest BCUT2D eigenvalue weighted by Crippen LogP contribution is 2.28. The third-order valence-corrected chi connectivity index (χ3v) is 5.59. The van der Waals surface area contributed by atoms with Crippen LogP contribution in [0.15, 0.2) is 59.8 Å². The highest BCUT2D eigenvalue weighted by molar-refractivity contribution is 7.99. The summed E-state index contributed by atoms with van der Waals surface area (Å²) in [4.78, 5) is 2.19. The van der Waals surface area contributed by atoms with Crippen molar-refractivity contribution in [2.45, 2.75) is 25.1 Å². The van der Waals surface area contributed by atoms with Crippen LogP contribution in [0.25, 0.3) is 17.1 Å². The van der Waals surface area contributed by atoms with E-state index in [1.807, 2.05) is 34.9 Å². The van der Waals surface area contributed by atoms with Crippen LogP contribution in [0.4, 0.5) is 4.39 Å². The van der Waals surface area contributed by atoms with Gasteiger partial charge in [0.15, 0.2) is 11.0 Å². The van der Waals surface area contributed by atoms with Gasteiger partial charge in [0.25, 0.3) is 0 Å². The summed E-state index contributed by atoms with van der Waals surface area (Å²) in [6.07, 6.45) is -0.469. The van der Waals surface area contributed by atoms with Gasteiger partial charge in [-0.2, -0.15) is 0 Å². The van der Waals surface area contributed by atoms with Crippen molar-refractivity contribution in [3.8, 4) is 17.1 Å². The molecule has 1 N–H and O–H groups in total. The van der Waals surface area contributed by atoms with Gasteiger partial charge in [0.2, 0.25) is 0 Å².